The van der Waals surface area contributed by atoms with Crippen LogP contribution in [0.3, 0.4) is 0 Å². The molecule has 0 spiro atoms. The van der Waals surface area contributed by atoms with E-state index in [0.717, 1.165) is 38.1 Å². The SMILES string of the molecule is COCCn1nc(C2CCCN(C(=O)CC(C)C)C2)n(C2CC2)c1=O. The monoisotopic (exact) mass is 350 g/mol. The zero-order valence-corrected chi connectivity index (χ0v) is 15.6. The van der Waals surface area contributed by atoms with E-state index in [-0.39, 0.29) is 17.5 Å². The van der Waals surface area contributed by atoms with Gasteiger partial charge in [-0.05, 0) is 31.6 Å². The van der Waals surface area contributed by atoms with Crippen molar-refractivity contribution in [3.05, 3.63) is 16.3 Å². The first-order chi connectivity index (χ1) is 12.0. The van der Waals surface area contributed by atoms with Crippen LogP contribution in [0.2, 0.25) is 0 Å². The summed E-state index contributed by atoms with van der Waals surface area (Å²) in [7, 11) is 1.63. The highest BCUT2D eigenvalue weighted by Gasteiger charge is 2.35. The summed E-state index contributed by atoms with van der Waals surface area (Å²) in [4.78, 5) is 27.1. The highest BCUT2D eigenvalue weighted by Crippen LogP contribution is 2.37. The number of carbonyl (C=O) groups is 1. The Bertz CT molecular complexity index is 660. The number of carbonyl (C=O) groups excluding carboxylic acids is 1. The van der Waals surface area contributed by atoms with Gasteiger partial charge in [-0.15, -0.1) is 0 Å². The number of rotatable bonds is 7. The van der Waals surface area contributed by atoms with Gasteiger partial charge in [-0.3, -0.25) is 9.36 Å². The second kappa shape index (κ2) is 7.72. The first kappa shape index (κ1) is 18.2. The lowest BCUT2D eigenvalue weighted by atomic mass is 9.96. The number of nitrogens with zero attached hydrogens (tertiary/aromatic N) is 4. The summed E-state index contributed by atoms with van der Waals surface area (Å²) in [5.41, 5.74) is -0.0276. The molecule has 1 aromatic heterocycles. The van der Waals surface area contributed by atoms with Crippen LogP contribution in [0.5, 0.6) is 0 Å². The van der Waals surface area contributed by atoms with Gasteiger partial charge in [0.25, 0.3) is 0 Å². The molecule has 25 heavy (non-hydrogen) atoms. The number of piperidine rings is 1. The summed E-state index contributed by atoms with van der Waals surface area (Å²) in [6, 6.07) is 0.292. The van der Waals surface area contributed by atoms with Crippen LogP contribution >= 0.6 is 0 Å². The van der Waals surface area contributed by atoms with Gasteiger partial charge in [0.15, 0.2) is 0 Å². The van der Waals surface area contributed by atoms with Crippen molar-refractivity contribution < 1.29 is 9.53 Å². The molecule has 1 aliphatic heterocycles. The predicted molar refractivity (Wildman–Crippen MR) is 94.6 cm³/mol. The molecule has 2 heterocycles. The number of aromatic nitrogens is 3. The molecular weight excluding hydrogens is 320 g/mol. The molecule has 1 saturated heterocycles. The van der Waals surface area contributed by atoms with Crippen LogP contribution in [0.1, 0.15) is 63.7 Å². The Balaban J connectivity index is 1.80. The molecule has 0 aromatic carbocycles. The van der Waals surface area contributed by atoms with Crippen LogP contribution in [0.25, 0.3) is 0 Å². The zero-order valence-electron chi connectivity index (χ0n) is 15.6. The molecule has 2 fully saturated rings. The van der Waals surface area contributed by atoms with E-state index in [4.69, 9.17) is 4.74 Å². The largest absolute Gasteiger partial charge is 0.383 e. The molecular formula is C18H30N4O3. The number of ether oxygens (including phenoxy) is 1. The van der Waals surface area contributed by atoms with E-state index in [9.17, 15) is 9.59 Å². The third-order valence-electron chi connectivity index (χ3n) is 5.04. The number of amides is 1. The second-order valence-electron chi connectivity index (χ2n) is 7.73. The lowest BCUT2D eigenvalue weighted by Crippen LogP contribution is -2.40. The van der Waals surface area contributed by atoms with Gasteiger partial charge in [-0.1, -0.05) is 13.8 Å². The minimum Gasteiger partial charge on any atom is -0.383 e. The van der Waals surface area contributed by atoms with Gasteiger partial charge < -0.3 is 9.64 Å². The van der Waals surface area contributed by atoms with Crippen molar-refractivity contribution in [2.24, 2.45) is 5.92 Å². The maximum atomic E-state index is 12.7. The van der Waals surface area contributed by atoms with E-state index in [2.05, 4.69) is 18.9 Å². The maximum Gasteiger partial charge on any atom is 0.346 e. The Kier molecular flexibility index (Phi) is 5.61. The number of hydrogen-bond donors (Lipinski definition) is 0. The maximum absolute atomic E-state index is 12.7. The first-order valence-electron chi connectivity index (χ1n) is 9.47. The quantitative estimate of drug-likeness (QED) is 0.752. The average Bonchev–Trinajstić information content (AvgIpc) is 3.36. The van der Waals surface area contributed by atoms with Crippen LogP contribution in [-0.4, -0.2) is 52.0 Å². The third kappa shape index (κ3) is 4.14. The third-order valence-corrected chi connectivity index (χ3v) is 5.04. The Morgan fingerprint density at radius 2 is 2.08 bits per heavy atom. The van der Waals surface area contributed by atoms with E-state index in [1.807, 2.05) is 9.47 Å². The molecule has 7 nitrogen and oxygen atoms in total. The summed E-state index contributed by atoms with van der Waals surface area (Å²) in [6.45, 7) is 6.59. The highest BCUT2D eigenvalue weighted by molar-refractivity contribution is 5.76. The van der Waals surface area contributed by atoms with Gasteiger partial charge in [-0.25, -0.2) is 9.48 Å². The fraction of sp³-hybridized carbons (Fsp3) is 0.833. The topological polar surface area (TPSA) is 69.4 Å². The van der Waals surface area contributed by atoms with Gasteiger partial charge in [-0.2, -0.15) is 5.10 Å². The van der Waals surface area contributed by atoms with Crippen molar-refractivity contribution in [2.45, 2.75) is 64.5 Å². The molecule has 2 aliphatic rings. The van der Waals surface area contributed by atoms with Crippen molar-refractivity contribution in [1.82, 2.24) is 19.2 Å². The molecule has 7 heteroatoms. The Morgan fingerprint density at radius 1 is 1.32 bits per heavy atom. The van der Waals surface area contributed by atoms with Crippen LogP contribution in [-0.2, 0) is 16.1 Å². The molecule has 1 aromatic rings. The van der Waals surface area contributed by atoms with Gasteiger partial charge in [0.1, 0.15) is 5.82 Å². The van der Waals surface area contributed by atoms with E-state index in [1.54, 1.807) is 7.11 Å². The molecule has 3 rings (SSSR count). The normalized spacial score (nSPS) is 21.1. The Hall–Kier alpha value is -1.63. The Labute approximate surface area is 148 Å². The predicted octanol–water partition coefficient (Wildman–Crippen LogP) is 1.78. The minimum absolute atomic E-state index is 0.0276. The number of hydrogen-bond acceptors (Lipinski definition) is 4. The molecule has 1 aliphatic carbocycles. The molecule has 1 atom stereocenters. The van der Waals surface area contributed by atoms with E-state index >= 15 is 0 Å². The van der Waals surface area contributed by atoms with Crippen LogP contribution in [0, 0.1) is 5.92 Å². The summed E-state index contributed by atoms with van der Waals surface area (Å²) in [5.74, 6) is 1.61. The zero-order chi connectivity index (χ0) is 18.0. The lowest BCUT2D eigenvalue weighted by Gasteiger charge is -2.32. The molecule has 0 N–H and O–H groups in total. The van der Waals surface area contributed by atoms with E-state index in [0.29, 0.717) is 38.1 Å². The van der Waals surface area contributed by atoms with Gasteiger partial charge in [0.05, 0.1) is 13.2 Å². The first-order valence-corrected chi connectivity index (χ1v) is 9.47. The summed E-state index contributed by atoms with van der Waals surface area (Å²) in [6.07, 6.45) is 4.64. The molecule has 0 radical (unpaired) electrons. The summed E-state index contributed by atoms with van der Waals surface area (Å²) >= 11 is 0. The molecule has 140 valence electrons. The molecule has 1 unspecified atom stereocenters. The smallest absolute Gasteiger partial charge is 0.346 e. The minimum atomic E-state index is -0.0276. The molecule has 1 saturated carbocycles. The van der Waals surface area contributed by atoms with Crippen molar-refractivity contribution >= 4 is 5.91 Å². The van der Waals surface area contributed by atoms with Crippen molar-refractivity contribution in [1.29, 1.82) is 0 Å². The highest BCUT2D eigenvalue weighted by atomic mass is 16.5. The van der Waals surface area contributed by atoms with Crippen LogP contribution in [0.15, 0.2) is 4.79 Å². The van der Waals surface area contributed by atoms with Crippen LogP contribution < -0.4 is 5.69 Å². The van der Waals surface area contributed by atoms with Gasteiger partial charge in [0.2, 0.25) is 5.91 Å². The number of likely N-dealkylation sites (tertiary alicyclic amines) is 1. The molecule has 1 amide bonds. The van der Waals surface area contributed by atoms with Gasteiger partial charge >= 0.3 is 5.69 Å². The van der Waals surface area contributed by atoms with Crippen molar-refractivity contribution in [3.8, 4) is 0 Å². The second-order valence-corrected chi connectivity index (χ2v) is 7.73. The summed E-state index contributed by atoms with van der Waals surface area (Å²) in [5, 5.41) is 4.64. The lowest BCUT2D eigenvalue weighted by molar-refractivity contribution is -0.133. The fourth-order valence-electron chi connectivity index (χ4n) is 3.61. The standard InChI is InChI=1S/C18H30N4O3/c1-13(2)11-16(23)20-8-4-5-14(12-20)17-19-21(9-10-25-3)18(24)22(17)15-6-7-15/h13-15H,4-12H2,1-3H3. The van der Waals surface area contributed by atoms with E-state index < -0.39 is 0 Å². The summed E-state index contributed by atoms with van der Waals surface area (Å²) < 4.78 is 8.51. The van der Waals surface area contributed by atoms with Crippen molar-refractivity contribution in [2.75, 3.05) is 26.8 Å². The van der Waals surface area contributed by atoms with Gasteiger partial charge in [0, 0.05) is 38.6 Å². The molecule has 0 bridgehead atoms. The Morgan fingerprint density at radius 3 is 2.72 bits per heavy atom. The van der Waals surface area contributed by atoms with E-state index in [1.165, 1.54) is 4.68 Å². The van der Waals surface area contributed by atoms with Crippen LogP contribution in [0.4, 0.5) is 0 Å². The number of methoxy groups -OCH3 is 1. The fourth-order valence-corrected chi connectivity index (χ4v) is 3.61. The van der Waals surface area contributed by atoms with Crippen molar-refractivity contribution in [3.63, 3.8) is 0 Å². The average molecular weight is 350 g/mol.